The molecule has 0 aliphatic carbocycles. The van der Waals surface area contributed by atoms with Gasteiger partial charge in [0, 0.05) is 13.2 Å². The van der Waals surface area contributed by atoms with Gasteiger partial charge in [-0.15, -0.1) is 0 Å². The van der Waals surface area contributed by atoms with E-state index in [1.165, 1.54) is 5.56 Å². The molecule has 0 bridgehead atoms. The van der Waals surface area contributed by atoms with Gasteiger partial charge in [0.25, 0.3) is 11.8 Å². The summed E-state index contributed by atoms with van der Waals surface area (Å²) in [6.07, 6.45) is 3.80. The van der Waals surface area contributed by atoms with E-state index in [1.807, 2.05) is 6.07 Å². The Morgan fingerprint density at radius 1 is 1.06 bits per heavy atom. The first-order chi connectivity index (χ1) is 15.8. The number of fused-ring (bicyclic) bond motifs is 1. The summed E-state index contributed by atoms with van der Waals surface area (Å²) in [5.74, 6) is -0.193. The molecule has 0 aromatic heterocycles. The second-order valence-corrected chi connectivity index (χ2v) is 9.69. The number of amides is 3. The fourth-order valence-electron chi connectivity index (χ4n) is 5.08. The average Bonchev–Trinajstić information content (AvgIpc) is 3.03. The molecule has 2 aromatic carbocycles. The first-order valence-electron chi connectivity index (χ1n) is 11.7. The highest BCUT2D eigenvalue weighted by atomic mass is 16.5. The zero-order valence-corrected chi connectivity index (χ0v) is 19.4. The fourth-order valence-corrected chi connectivity index (χ4v) is 5.08. The number of hydrogen-bond donors (Lipinski definition) is 1. The SMILES string of the molecule is CC1(C)C[C@@H]([C@H](CCNC(=O)CN2C(=O)c3ccccc3C2=O)Cc2ccccc2)CCO1. The van der Waals surface area contributed by atoms with Crippen LogP contribution in [0.2, 0.25) is 0 Å². The number of benzene rings is 2. The Hall–Kier alpha value is -2.99. The van der Waals surface area contributed by atoms with Gasteiger partial charge in [0.05, 0.1) is 16.7 Å². The summed E-state index contributed by atoms with van der Waals surface area (Å²) < 4.78 is 5.92. The molecule has 1 saturated heterocycles. The lowest BCUT2D eigenvalue weighted by Gasteiger charge is -2.39. The van der Waals surface area contributed by atoms with Crippen LogP contribution in [0.5, 0.6) is 0 Å². The number of rotatable bonds is 8. The lowest BCUT2D eigenvalue weighted by molar-refractivity contribution is -0.121. The molecule has 6 nitrogen and oxygen atoms in total. The molecular formula is C27H32N2O4. The number of nitrogens with zero attached hydrogens (tertiary/aromatic N) is 1. The predicted molar refractivity (Wildman–Crippen MR) is 126 cm³/mol. The third-order valence-electron chi connectivity index (χ3n) is 6.76. The van der Waals surface area contributed by atoms with E-state index in [0.717, 1.165) is 37.2 Å². The van der Waals surface area contributed by atoms with Crippen molar-refractivity contribution in [1.29, 1.82) is 0 Å². The monoisotopic (exact) mass is 448 g/mol. The number of ether oxygens (including phenoxy) is 1. The minimum atomic E-state index is -0.405. The maximum atomic E-state index is 12.6. The van der Waals surface area contributed by atoms with E-state index in [2.05, 4.69) is 43.4 Å². The van der Waals surface area contributed by atoms with Gasteiger partial charge in [-0.3, -0.25) is 19.3 Å². The number of imide groups is 1. The van der Waals surface area contributed by atoms with Crippen LogP contribution < -0.4 is 5.32 Å². The van der Waals surface area contributed by atoms with Gasteiger partial charge in [0.1, 0.15) is 6.54 Å². The van der Waals surface area contributed by atoms with Gasteiger partial charge in [0.2, 0.25) is 5.91 Å². The average molecular weight is 449 g/mol. The van der Waals surface area contributed by atoms with Crippen LogP contribution in [0.4, 0.5) is 0 Å². The Bertz CT molecular complexity index is 983. The lowest BCUT2D eigenvalue weighted by Crippen LogP contribution is -2.41. The number of carbonyl (C=O) groups is 3. The number of hydrogen-bond acceptors (Lipinski definition) is 4. The molecule has 1 fully saturated rings. The van der Waals surface area contributed by atoms with Crippen molar-refractivity contribution in [3.63, 3.8) is 0 Å². The second-order valence-electron chi connectivity index (χ2n) is 9.69. The molecule has 0 spiro atoms. The summed E-state index contributed by atoms with van der Waals surface area (Å²) in [7, 11) is 0. The van der Waals surface area contributed by atoms with Crippen LogP contribution in [0.1, 0.15) is 59.4 Å². The van der Waals surface area contributed by atoms with Crippen LogP contribution in [0.3, 0.4) is 0 Å². The Kier molecular flexibility index (Phi) is 6.94. The molecule has 2 aliphatic rings. The van der Waals surface area contributed by atoms with Gasteiger partial charge < -0.3 is 10.1 Å². The molecule has 2 atom stereocenters. The summed E-state index contributed by atoms with van der Waals surface area (Å²) in [5, 5.41) is 2.94. The highest BCUT2D eigenvalue weighted by Crippen LogP contribution is 2.36. The molecule has 4 rings (SSSR count). The zero-order valence-electron chi connectivity index (χ0n) is 19.4. The van der Waals surface area contributed by atoms with E-state index >= 15 is 0 Å². The van der Waals surface area contributed by atoms with Crippen LogP contribution >= 0.6 is 0 Å². The lowest BCUT2D eigenvalue weighted by atomic mass is 9.75. The highest BCUT2D eigenvalue weighted by molar-refractivity contribution is 6.22. The standard InChI is InChI=1S/C27H32N2O4/c1-27(2)17-21(13-15-33-27)20(16-19-8-4-3-5-9-19)12-14-28-24(30)18-29-25(31)22-10-6-7-11-23(22)26(29)32/h3-11,20-21H,12-18H2,1-2H3,(H,28,30)/t20-,21+/m1/s1. The van der Waals surface area contributed by atoms with E-state index in [-0.39, 0.29) is 18.1 Å². The Morgan fingerprint density at radius 2 is 1.70 bits per heavy atom. The fraction of sp³-hybridized carbons (Fsp3) is 0.444. The van der Waals surface area contributed by atoms with Crippen molar-refractivity contribution in [3.8, 4) is 0 Å². The normalized spacial score (nSPS) is 20.4. The Balaban J connectivity index is 1.34. The van der Waals surface area contributed by atoms with Gasteiger partial charge in [-0.1, -0.05) is 42.5 Å². The van der Waals surface area contributed by atoms with Crippen molar-refractivity contribution in [2.24, 2.45) is 11.8 Å². The first kappa shape index (κ1) is 23.2. The molecule has 2 aliphatic heterocycles. The Morgan fingerprint density at radius 3 is 2.33 bits per heavy atom. The highest BCUT2D eigenvalue weighted by Gasteiger charge is 2.36. The number of carbonyl (C=O) groups excluding carboxylic acids is 3. The summed E-state index contributed by atoms with van der Waals surface area (Å²) in [5.41, 5.74) is 1.89. The molecule has 2 heterocycles. The molecule has 1 N–H and O–H groups in total. The maximum absolute atomic E-state index is 12.6. The van der Waals surface area contributed by atoms with E-state index < -0.39 is 11.8 Å². The van der Waals surface area contributed by atoms with Gasteiger partial charge in [0.15, 0.2) is 0 Å². The van der Waals surface area contributed by atoms with E-state index in [0.29, 0.717) is 29.5 Å². The minimum Gasteiger partial charge on any atom is -0.376 e. The summed E-state index contributed by atoms with van der Waals surface area (Å²) >= 11 is 0. The van der Waals surface area contributed by atoms with Crippen molar-refractivity contribution in [1.82, 2.24) is 10.2 Å². The van der Waals surface area contributed by atoms with Gasteiger partial charge >= 0.3 is 0 Å². The van der Waals surface area contributed by atoms with E-state index in [1.54, 1.807) is 24.3 Å². The molecule has 0 radical (unpaired) electrons. The van der Waals surface area contributed by atoms with Crippen LogP contribution in [0.25, 0.3) is 0 Å². The minimum absolute atomic E-state index is 0.132. The molecular weight excluding hydrogens is 416 g/mol. The first-order valence-corrected chi connectivity index (χ1v) is 11.7. The second kappa shape index (κ2) is 9.87. The molecule has 33 heavy (non-hydrogen) atoms. The molecule has 0 saturated carbocycles. The van der Waals surface area contributed by atoms with E-state index in [9.17, 15) is 14.4 Å². The van der Waals surface area contributed by atoms with Crippen molar-refractivity contribution in [2.75, 3.05) is 19.7 Å². The molecule has 6 heteroatoms. The Labute approximate surface area is 195 Å². The maximum Gasteiger partial charge on any atom is 0.262 e. The molecule has 174 valence electrons. The van der Waals surface area contributed by atoms with Crippen molar-refractivity contribution >= 4 is 17.7 Å². The smallest absolute Gasteiger partial charge is 0.262 e. The van der Waals surface area contributed by atoms with E-state index in [4.69, 9.17) is 4.74 Å². The zero-order chi connectivity index (χ0) is 23.4. The van der Waals surface area contributed by atoms with Gasteiger partial charge in [-0.2, -0.15) is 0 Å². The quantitative estimate of drug-likeness (QED) is 0.623. The topological polar surface area (TPSA) is 75.7 Å². The predicted octanol–water partition coefficient (Wildman–Crippen LogP) is 3.85. The summed E-state index contributed by atoms with van der Waals surface area (Å²) in [4.78, 5) is 38.6. The molecule has 3 amide bonds. The molecule has 0 unspecified atom stereocenters. The number of nitrogens with one attached hydrogen (secondary N) is 1. The summed E-state index contributed by atoms with van der Waals surface area (Å²) in [6.45, 7) is 5.30. The van der Waals surface area contributed by atoms with Crippen molar-refractivity contribution in [2.45, 2.75) is 45.1 Å². The van der Waals surface area contributed by atoms with Crippen LogP contribution in [-0.4, -0.2) is 47.9 Å². The van der Waals surface area contributed by atoms with Gasteiger partial charge in [-0.05, 0) is 69.1 Å². The van der Waals surface area contributed by atoms with Gasteiger partial charge in [-0.25, -0.2) is 0 Å². The van der Waals surface area contributed by atoms with Crippen molar-refractivity contribution < 1.29 is 19.1 Å². The third kappa shape index (κ3) is 5.50. The van der Waals surface area contributed by atoms with Crippen LogP contribution in [0, 0.1) is 11.8 Å². The van der Waals surface area contributed by atoms with Crippen LogP contribution in [-0.2, 0) is 16.0 Å². The van der Waals surface area contributed by atoms with Crippen molar-refractivity contribution in [3.05, 3.63) is 71.3 Å². The largest absolute Gasteiger partial charge is 0.376 e. The van der Waals surface area contributed by atoms with Crippen LogP contribution in [0.15, 0.2) is 54.6 Å². The molecule has 2 aromatic rings. The summed E-state index contributed by atoms with van der Waals surface area (Å²) in [6, 6.07) is 17.1. The third-order valence-corrected chi connectivity index (χ3v) is 6.76.